The molecule has 17 heavy (non-hydrogen) atoms. The summed E-state index contributed by atoms with van der Waals surface area (Å²) < 4.78 is 27.8. The Hall–Kier alpha value is -0.980. The van der Waals surface area contributed by atoms with Gasteiger partial charge in [0.2, 0.25) is 0 Å². The number of nitrogens with zero attached hydrogens (tertiary/aromatic N) is 1. The molecule has 1 rings (SSSR count). The van der Waals surface area contributed by atoms with Crippen LogP contribution in [0.5, 0.6) is 0 Å². The molecule has 0 aliphatic carbocycles. The van der Waals surface area contributed by atoms with Crippen molar-refractivity contribution < 1.29 is 8.42 Å². The largest absolute Gasteiger partial charge is 0.277 e. The quantitative estimate of drug-likeness (QED) is 0.711. The van der Waals surface area contributed by atoms with Crippen LogP contribution in [0, 0.1) is 0 Å². The van der Waals surface area contributed by atoms with Gasteiger partial charge in [0.15, 0.2) is 0 Å². The number of nitrogens with one attached hydrogen (secondary N) is 2. The Bertz CT molecular complexity index is 418. The fraction of sp³-hybridized carbons (Fsp3) is 0.545. The van der Waals surface area contributed by atoms with Gasteiger partial charge >= 0.3 is 0 Å². The van der Waals surface area contributed by atoms with Gasteiger partial charge in [0, 0.05) is 25.0 Å². The molecule has 0 radical (unpaired) electrons. The van der Waals surface area contributed by atoms with Gasteiger partial charge in [-0.25, -0.2) is 4.72 Å². The molecule has 2 N–H and O–H groups in total. The van der Waals surface area contributed by atoms with Crippen LogP contribution in [0.2, 0.25) is 0 Å². The molecule has 0 aliphatic heterocycles. The Balaban J connectivity index is 2.25. The van der Waals surface area contributed by atoms with Crippen LogP contribution in [0.4, 0.5) is 0 Å². The Morgan fingerprint density at radius 1 is 1.41 bits per heavy atom. The molecular weight excluding hydrogens is 238 g/mol. The number of hydrogen-bond donors (Lipinski definition) is 2. The van der Waals surface area contributed by atoms with E-state index in [9.17, 15) is 8.42 Å². The average Bonchev–Trinajstić information content (AvgIpc) is 2.24. The second-order valence-corrected chi connectivity index (χ2v) is 5.67. The van der Waals surface area contributed by atoms with Crippen LogP contribution < -0.4 is 9.44 Å². The van der Waals surface area contributed by atoms with E-state index in [0.29, 0.717) is 6.54 Å². The summed E-state index contributed by atoms with van der Waals surface area (Å²) in [4.78, 5) is 4.00. The lowest BCUT2D eigenvalue weighted by molar-refractivity contribution is 0.553. The van der Waals surface area contributed by atoms with Gasteiger partial charge in [0.05, 0.1) is 0 Å². The van der Waals surface area contributed by atoms with E-state index in [2.05, 4.69) is 14.4 Å². The van der Waals surface area contributed by atoms with E-state index in [1.54, 1.807) is 26.2 Å². The van der Waals surface area contributed by atoms with Crippen molar-refractivity contribution in [2.75, 3.05) is 6.54 Å². The van der Waals surface area contributed by atoms with Crippen molar-refractivity contribution >= 4 is 10.2 Å². The Labute approximate surface area is 103 Å². The van der Waals surface area contributed by atoms with E-state index >= 15 is 0 Å². The van der Waals surface area contributed by atoms with E-state index in [1.807, 2.05) is 12.1 Å². The average molecular weight is 257 g/mol. The molecule has 1 heterocycles. The highest BCUT2D eigenvalue weighted by molar-refractivity contribution is 7.87. The molecule has 5 nitrogen and oxygen atoms in total. The van der Waals surface area contributed by atoms with Crippen LogP contribution in [0.1, 0.15) is 25.8 Å². The topological polar surface area (TPSA) is 71.1 Å². The zero-order valence-corrected chi connectivity index (χ0v) is 11.0. The highest BCUT2D eigenvalue weighted by Gasteiger charge is 2.09. The Kier molecular flexibility index (Phi) is 5.54. The molecule has 1 aromatic rings. The molecule has 6 heteroatoms. The summed E-state index contributed by atoms with van der Waals surface area (Å²) in [5, 5.41) is 0. The highest BCUT2D eigenvalue weighted by atomic mass is 32.2. The van der Waals surface area contributed by atoms with Gasteiger partial charge in [0.1, 0.15) is 0 Å². The minimum Gasteiger partial charge on any atom is -0.264 e. The zero-order valence-electron chi connectivity index (χ0n) is 10.2. The molecule has 0 saturated carbocycles. The molecule has 0 bridgehead atoms. The van der Waals surface area contributed by atoms with Gasteiger partial charge in [0.25, 0.3) is 10.2 Å². The van der Waals surface area contributed by atoms with Crippen molar-refractivity contribution in [3.8, 4) is 0 Å². The summed E-state index contributed by atoms with van der Waals surface area (Å²) in [6.45, 7) is 4.00. The maximum atomic E-state index is 11.4. The fourth-order valence-corrected chi connectivity index (χ4v) is 2.51. The molecule has 0 aliphatic rings. The standard InChI is InChI=1S/C11H19N3O2S/c1-10(2)14-17(15,16)13-8-4-6-11-5-3-7-12-9-11/h3,5,7,9-10,13-14H,4,6,8H2,1-2H3. The SMILES string of the molecule is CC(C)NS(=O)(=O)NCCCc1cccnc1. The fourth-order valence-electron chi connectivity index (χ4n) is 1.40. The third-order valence-corrected chi connectivity index (χ3v) is 3.41. The van der Waals surface area contributed by atoms with E-state index in [-0.39, 0.29) is 6.04 Å². The monoisotopic (exact) mass is 257 g/mol. The maximum Gasteiger partial charge on any atom is 0.277 e. The first-order valence-electron chi connectivity index (χ1n) is 5.65. The van der Waals surface area contributed by atoms with E-state index in [4.69, 9.17) is 0 Å². The molecule has 1 aromatic heterocycles. The minimum atomic E-state index is -3.35. The molecule has 0 aromatic carbocycles. The number of pyridine rings is 1. The molecular formula is C11H19N3O2S. The summed E-state index contributed by atoms with van der Waals surface area (Å²) in [5.41, 5.74) is 1.11. The van der Waals surface area contributed by atoms with Crippen molar-refractivity contribution in [3.63, 3.8) is 0 Å². The summed E-state index contributed by atoms with van der Waals surface area (Å²) in [7, 11) is -3.35. The van der Waals surface area contributed by atoms with Gasteiger partial charge in [-0.05, 0) is 38.3 Å². The summed E-state index contributed by atoms with van der Waals surface area (Å²) in [6.07, 6.45) is 5.09. The normalized spacial score (nSPS) is 11.9. The molecule has 0 saturated heterocycles. The Morgan fingerprint density at radius 2 is 2.18 bits per heavy atom. The van der Waals surface area contributed by atoms with Gasteiger partial charge in [-0.15, -0.1) is 0 Å². The first kappa shape index (κ1) is 14.1. The Morgan fingerprint density at radius 3 is 2.76 bits per heavy atom. The number of rotatable bonds is 7. The second kappa shape index (κ2) is 6.68. The van der Waals surface area contributed by atoms with Crippen LogP contribution in [0.25, 0.3) is 0 Å². The summed E-state index contributed by atoms with van der Waals surface area (Å²) >= 11 is 0. The number of hydrogen-bond acceptors (Lipinski definition) is 3. The maximum absolute atomic E-state index is 11.4. The minimum absolute atomic E-state index is 0.0918. The zero-order chi connectivity index (χ0) is 12.7. The number of aryl methyl sites for hydroxylation is 1. The lowest BCUT2D eigenvalue weighted by Crippen LogP contribution is -2.40. The molecule has 0 fully saturated rings. The van der Waals surface area contributed by atoms with E-state index in [1.165, 1.54) is 0 Å². The van der Waals surface area contributed by atoms with Crippen LogP contribution in [-0.4, -0.2) is 26.0 Å². The van der Waals surface area contributed by atoms with Gasteiger partial charge < -0.3 is 0 Å². The van der Waals surface area contributed by atoms with Crippen LogP contribution in [0.15, 0.2) is 24.5 Å². The van der Waals surface area contributed by atoms with Gasteiger partial charge in [-0.1, -0.05) is 6.07 Å². The van der Waals surface area contributed by atoms with Crippen LogP contribution >= 0.6 is 0 Å². The third kappa shape index (κ3) is 6.35. The first-order valence-corrected chi connectivity index (χ1v) is 7.14. The first-order chi connectivity index (χ1) is 7.99. The van der Waals surface area contributed by atoms with Crippen molar-refractivity contribution in [2.45, 2.75) is 32.7 Å². The van der Waals surface area contributed by atoms with Crippen molar-refractivity contribution in [3.05, 3.63) is 30.1 Å². The van der Waals surface area contributed by atoms with Crippen molar-refractivity contribution in [2.24, 2.45) is 0 Å². The van der Waals surface area contributed by atoms with E-state index < -0.39 is 10.2 Å². The molecule has 0 spiro atoms. The van der Waals surface area contributed by atoms with Crippen molar-refractivity contribution in [1.82, 2.24) is 14.4 Å². The molecule has 0 amide bonds. The predicted molar refractivity (Wildman–Crippen MR) is 67.8 cm³/mol. The van der Waals surface area contributed by atoms with Gasteiger partial charge in [-0.2, -0.15) is 13.1 Å². The molecule has 0 unspecified atom stereocenters. The number of aromatic nitrogens is 1. The lowest BCUT2D eigenvalue weighted by Gasteiger charge is -2.10. The smallest absolute Gasteiger partial charge is 0.264 e. The van der Waals surface area contributed by atoms with Gasteiger partial charge in [-0.3, -0.25) is 4.98 Å². The summed E-state index contributed by atoms with van der Waals surface area (Å²) in [5.74, 6) is 0. The third-order valence-electron chi connectivity index (χ3n) is 2.05. The summed E-state index contributed by atoms with van der Waals surface area (Å²) in [6, 6.07) is 3.76. The van der Waals surface area contributed by atoms with Crippen LogP contribution in [0.3, 0.4) is 0 Å². The molecule has 96 valence electrons. The van der Waals surface area contributed by atoms with Crippen molar-refractivity contribution in [1.29, 1.82) is 0 Å². The lowest BCUT2D eigenvalue weighted by atomic mass is 10.2. The molecule has 0 atom stereocenters. The second-order valence-electron chi connectivity index (χ2n) is 4.14. The van der Waals surface area contributed by atoms with E-state index in [0.717, 1.165) is 18.4 Å². The van der Waals surface area contributed by atoms with Crippen LogP contribution in [-0.2, 0) is 16.6 Å². The predicted octanol–water partition coefficient (Wildman–Crippen LogP) is 0.847. The highest BCUT2D eigenvalue weighted by Crippen LogP contribution is 1.99.